The third-order valence-electron chi connectivity index (χ3n) is 4.31. The molecule has 29 heavy (non-hydrogen) atoms. The van der Waals surface area contributed by atoms with Crippen LogP contribution < -0.4 is 15.2 Å². The van der Waals surface area contributed by atoms with Gasteiger partial charge in [0.25, 0.3) is 0 Å². The number of amides is 2. The molecule has 0 fully saturated rings. The van der Waals surface area contributed by atoms with Gasteiger partial charge in [0.05, 0.1) is 13.7 Å². The molecule has 158 valence electrons. The van der Waals surface area contributed by atoms with E-state index in [2.05, 4.69) is 10.4 Å². The van der Waals surface area contributed by atoms with Crippen LogP contribution in [0.25, 0.3) is 0 Å². The van der Waals surface area contributed by atoms with Crippen LogP contribution in [-0.2, 0) is 26.0 Å². The van der Waals surface area contributed by atoms with Gasteiger partial charge >= 0.3 is 0 Å². The van der Waals surface area contributed by atoms with Crippen LogP contribution in [0.1, 0.15) is 18.5 Å². The van der Waals surface area contributed by atoms with Gasteiger partial charge in [-0.3, -0.25) is 14.3 Å². The number of rotatable bonds is 9. The van der Waals surface area contributed by atoms with Gasteiger partial charge in [-0.15, -0.1) is 0 Å². The number of nitrogens with one attached hydrogen (secondary N) is 1. The predicted molar refractivity (Wildman–Crippen MR) is 106 cm³/mol. The quantitative estimate of drug-likeness (QED) is 0.579. The van der Waals surface area contributed by atoms with E-state index in [1.165, 1.54) is 28.8 Å². The summed E-state index contributed by atoms with van der Waals surface area (Å²) in [7, 11) is -1.02. The zero-order valence-corrected chi connectivity index (χ0v) is 17.3. The summed E-state index contributed by atoms with van der Waals surface area (Å²) in [6.07, 6.45) is 3.65. The average Bonchev–Trinajstić information content (AvgIpc) is 3.20. The molecule has 0 bridgehead atoms. The van der Waals surface area contributed by atoms with Crippen molar-refractivity contribution in [3.05, 3.63) is 42.2 Å². The number of carbonyl (C=O) groups excluding carboxylic acids is 2. The van der Waals surface area contributed by atoms with Crippen molar-refractivity contribution in [2.24, 2.45) is 5.14 Å². The lowest BCUT2D eigenvalue weighted by atomic mass is 10.1. The number of nitrogens with zero attached hydrogens (tertiary/aromatic N) is 3. The molecule has 2 rings (SSSR count). The Labute approximate surface area is 169 Å². The van der Waals surface area contributed by atoms with E-state index in [1.54, 1.807) is 38.5 Å². The van der Waals surface area contributed by atoms with Crippen LogP contribution in [0.15, 0.2) is 41.6 Å². The Hall–Kier alpha value is -2.92. The molecule has 0 unspecified atom stereocenters. The van der Waals surface area contributed by atoms with Crippen LogP contribution in [0.5, 0.6) is 5.75 Å². The number of carbonyl (C=O) groups is 2. The lowest BCUT2D eigenvalue weighted by Crippen LogP contribution is -2.41. The molecule has 11 heteroatoms. The van der Waals surface area contributed by atoms with Gasteiger partial charge in [-0.1, -0.05) is 6.07 Å². The SMILES string of the molecule is COc1ccc(CCNC(=O)CN(C)C(=O)[C@H](C)n2cccn2)cc1S(N)(=O)=O. The van der Waals surface area contributed by atoms with Crippen LogP contribution in [-0.4, -0.2) is 62.2 Å². The first-order chi connectivity index (χ1) is 13.6. The fraction of sp³-hybridized carbons (Fsp3) is 0.389. The van der Waals surface area contributed by atoms with Gasteiger partial charge in [0.1, 0.15) is 16.7 Å². The highest BCUT2D eigenvalue weighted by Gasteiger charge is 2.21. The number of primary sulfonamides is 1. The summed E-state index contributed by atoms with van der Waals surface area (Å²) in [6, 6.07) is 5.83. The molecule has 2 aromatic rings. The number of likely N-dealkylation sites (N-methyl/N-ethyl adjacent to an activating group) is 1. The average molecular weight is 423 g/mol. The number of nitrogens with two attached hydrogens (primary N) is 1. The maximum Gasteiger partial charge on any atom is 0.247 e. The zero-order valence-electron chi connectivity index (χ0n) is 16.5. The second kappa shape index (κ2) is 9.52. The van der Waals surface area contributed by atoms with E-state index < -0.39 is 16.1 Å². The van der Waals surface area contributed by atoms with Crippen LogP contribution in [0, 0.1) is 0 Å². The minimum absolute atomic E-state index is 0.102. The minimum atomic E-state index is -3.93. The molecule has 2 amide bonds. The Morgan fingerprint density at radius 1 is 1.38 bits per heavy atom. The maximum atomic E-state index is 12.4. The van der Waals surface area contributed by atoms with Crippen LogP contribution in [0.4, 0.5) is 0 Å². The minimum Gasteiger partial charge on any atom is -0.495 e. The lowest BCUT2D eigenvalue weighted by molar-refractivity contribution is -0.137. The molecule has 1 heterocycles. The number of hydrogen-bond donors (Lipinski definition) is 2. The number of benzene rings is 1. The normalized spacial score (nSPS) is 12.3. The van der Waals surface area contributed by atoms with Crippen molar-refractivity contribution in [1.82, 2.24) is 20.0 Å². The van der Waals surface area contributed by atoms with E-state index in [4.69, 9.17) is 9.88 Å². The number of methoxy groups -OCH3 is 1. The lowest BCUT2D eigenvalue weighted by Gasteiger charge is -2.21. The monoisotopic (exact) mass is 423 g/mol. The molecular weight excluding hydrogens is 398 g/mol. The third kappa shape index (κ3) is 6.03. The van der Waals surface area contributed by atoms with Gasteiger partial charge in [-0.2, -0.15) is 5.10 Å². The topological polar surface area (TPSA) is 137 Å². The number of aromatic nitrogens is 2. The molecule has 1 atom stereocenters. The molecule has 0 spiro atoms. The van der Waals surface area contributed by atoms with Crippen molar-refractivity contribution in [3.8, 4) is 5.75 Å². The van der Waals surface area contributed by atoms with Crippen molar-refractivity contribution in [2.75, 3.05) is 27.2 Å². The summed E-state index contributed by atoms with van der Waals surface area (Å²) < 4.78 is 29.8. The molecule has 3 N–H and O–H groups in total. The van der Waals surface area contributed by atoms with Gasteiger partial charge in [-0.05, 0) is 37.1 Å². The van der Waals surface area contributed by atoms with E-state index >= 15 is 0 Å². The maximum absolute atomic E-state index is 12.4. The van der Waals surface area contributed by atoms with Crippen molar-refractivity contribution in [2.45, 2.75) is 24.3 Å². The Bertz CT molecular complexity index is 959. The summed E-state index contributed by atoms with van der Waals surface area (Å²) in [5, 5.41) is 11.9. The van der Waals surface area contributed by atoms with Crippen molar-refractivity contribution in [1.29, 1.82) is 0 Å². The van der Waals surface area contributed by atoms with E-state index in [1.807, 2.05) is 0 Å². The van der Waals surface area contributed by atoms with Crippen LogP contribution in [0.3, 0.4) is 0 Å². The Morgan fingerprint density at radius 2 is 2.10 bits per heavy atom. The highest BCUT2D eigenvalue weighted by atomic mass is 32.2. The van der Waals surface area contributed by atoms with Gasteiger partial charge in [-0.25, -0.2) is 13.6 Å². The third-order valence-corrected chi connectivity index (χ3v) is 5.24. The van der Waals surface area contributed by atoms with Crippen LogP contribution in [0.2, 0.25) is 0 Å². The summed E-state index contributed by atoms with van der Waals surface area (Å²) in [5.74, 6) is -0.405. The van der Waals surface area contributed by atoms with Crippen molar-refractivity contribution < 1.29 is 22.7 Å². The first-order valence-corrected chi connectivity index (χ1v) is 10.4. The second-order valence-electron chi connectivity index (χ2n) is 6.49. The molecule has 0 aliphatic rings. The zero-order chi connectivity index (χ0) is 21.6. The fourth-order valence-electron chi connectivity index (χ4n) is 2.74. The Kier molecular flexibility index (Phi) is 7.35. The first kappa shape index (κ1) is 22.4. The Morgan fingerprint density at radius 3 is 2.69 bits per heavy atom. The van der Waals surface area contributed by atoms with Crippen molar-refractivity contribution >= 4 is 21.8 Å². The largest absolute Gasteiger partial charge is 0.495 e. The van der Waals surface area contributed by atoms with E-state index in [0.29, 0.717) is 12.0 Å². The highest BCUT2D eigenvalue weighted by Crippen LogP contribution is 2.23. The predicted octanol–water partition coefficient (Wildman–Crippen LogP) is -0.0826. The summed E-state index contributed by atoms with van der Waals surface area (Å²) in [6.45, 7) is 1.87. The second-order valence-corrected chi connectivity index (χ2v) is 8.02. The molecular formula is C18H25N5O5S. The van der Waals surface area contributed by atoms with Gasteiger partial charge in [0.15, 0.2) is 0 Å². The fourth-order valence-corrected chi connectivity index (χ4v) is 3.48. The van der Waals surface area contributed by atoms with E-state index in [0.717, 1.165) is 0 Å². The molecule has 1 aromatic carbocycles. The first-order valence-electron chi connectivity index (χ1n) is 8.84. The molecule has 0 aliphatic carbocycles. The molecule has 1 aromatic heterocycles. The van der Waals surface area contributed by atoms with Crippen LogP contribution >= 0.6 is 0 Å². The Balaban J connectivity index is 1.87. The molecule has 0 saturated heterocycles. The molecule has 10 nitrogen and oxygen atoms in total. The molecule has 0 saturated carbocycles. The standard InChI is InChI=1S/C18H25N5O5S/c1-13(23-10-4-8-21-23)18(25)22(2)12-17(24)20-9-7-14-5-6-15(28-3)16(11-14)29(19,26)27/h4-6,8,10-11,13H,7,9,12H2,1-3H3,(H,20,24)(H2,19,26,27)/t13-/m0/s1. The van der Waals surface area contributed by atoms with E-state index in [9.17, 15) is 18.0 Å². The van der Waals surface area contributed by atoms with E-state index in [-0.39, 0.29) is 35.5 Å². The summed E-state index contributed by atoms with van der Waals surface area (Å²) in [4.78, 5) is 25.7. The molecule has 0 aliphatic heterocycles. The summed E-state index contributed by atoms with van der Waals surface area (Å²) in [5.41, 5.74) is 0.673. The van der Waals surface area contributed by atoms with Crippen molar-refractivity contribution in [3.63, 3.8) is 0 Å². The van der Waals surface area contributed by atoms with Gasteiger partial charge in [0, 0.05) is 26.0 Å². The molecule has 0 radical (unpaired) electrons. The number of ether oxygens (including phenoxy) is 1. The number of sulfonamides is 1. The summed E-state index contributed by atoms with van der Waals surface area (Å²) >= 11 is 0. The smallest absolute Gasteiger partial charge is 0.247 e. The van der Waals surface area contributed by atoms with Gasteiger partial charge in [0.2, 0.25) is 21.8 Å². The number of hydrogen-bond acceptors (Lipinski definition) is 6. The highest BCUT2D eigenvalue weighted by molar-refractivity contribution is 7.89. The van der Waals surface area contributed by atoms with Gasteiger partial charge < -0.3 is 15.0 Å².